The van der Waals surface area contributed by atoms with E-state index in [1.807, 2.05) is 38.1 Å². The minimum atomic E-state index is -0.466. The van der Waals surface area contributed by atoms with Gasteiger partial charge in [0.25, 0.3) is 0 Å². The van der Waals surface area contributed by atoms with Crippen molar-refractivity contribution in [1.82, 2.24) is 20.1 Å². The number of aromatic nitrogens is 3. The highest BCUT2D eigenvalue weighted by molar-refractivity contribution is 5.93. The Morgan fingerprint density at radius 2 is 1.87 bits per heavy atom. The average molecular weight is 424 g/mol. The van der Waals surface area contributed by atoms with Crippen molar-refractivity contribution in [3.63, 3.8) is 0 Å². The second-order valence-electron chi connectivity index (χ2n) is 8.17. The Morgan fingerprint density at radius 3 is 2.55 bits per heavy atom. The van der Waals surface area contributed by atoms with Crippen molar-refractivity contribution in [3.8, 4) is 0 Å². The molecule has 0 spiro atoms. The molecular formula is C23H29N5O3. The number of esters is 1. The van der Waals surface area contributed by atoms with Crippen LogP contribution in [0.2, 0.25) is 0 Å². The molecule has 1 fully saturated rings. The van der Waals surface area contributed by atoms with Gasteiger partial charge in [-0.2, -0.15) is 10.1 Å². The van der Waals surface area contributed by atoms with Gasteiger partial charge in [-0.1, -0.05) is 42.7 Å². The Morgan fingerprint density at radius 1 is 1.16 bits per heavy atom. The van der Waals surface area contributed by atoms with Gasteiger partial charge >= 0.3 is 5.97 Å². The summed E-state index contributed by atoms with van der Waals surface area (Å²) >= 11 is 0. The number of rotatable bonds is 6. The molecule has 1 N–H and O–H groups in total. The molecule has 1 aromatic heterocycles. The van der Waals surface area contributed by atoms with E-state index in [1.165, 1.54) is 6.33 Å². The largest absolute Gasteiger partial charge is 0.463 e. The number of nitrogens with zero attached hydrogens (tertiary/aromatic N) is 4. The van der Waals surface area contributed by atoms with Crippen molar-refractivity contribution in [2.45, 2.75) is 58.5 Å². The van der Waals surface area contributed by atoms with Gasteiger partial charge in [0.1, 0.15) is 18.9 Å². The zero-order valence-electron chi connectivity index (χ0n) is 18.3. The number of amides is 1. The molecule has 4 rings (SSSR count). The second kappa shape index (κ2) is 8.91. The van der Waals surface area contributed by atoms with Crippen LogP contribution in [0.3, 0.4) is 0 Å². The number of ether oxygens (including phenoxy) is 1. The Hall–Kier alpha value is -3.16. The van der Waals surface area contributed by atoms with Crippen LogP contribution in [-0.4, -0.2) is 45.8 Å². The third-order valence-electron chi connectivity index (χ3n) is 6.02. The van der Waals surface area contributed by atoms with E-state index < -0.39 is 12.0 Å². The van der Waals surface area contributed by atoms with E-state index in [4.69, 9.17) is 4.74 Å². The lowest BCUT2D eigenvalue weighted by atomic mass is 9.94. The van der Waals surface area contributed by atoms with Crippen molar-refractivity contribution in [3.05, 3.63) is 53.0 Å². The molecule has 0 unspecified atom stereocenters. The first-order chi connectivity index (χ1) is 15.0. The highest BCUT2D eigenvalue weighted by Gasteiger charge is 2.38. The van der Waals surface area contributed by atoms with Crippen LogP contribution in [0, 0.1) is 6.92 Å². The van der Waals surface area contributed by atoms with Gasteiger partial charge in [0.05, 0.1) is 12.2 Å². The molecule has 8 heteroatoms. The number of hydrogen-bond acceptors (Lipinski definition) is 6. The fraction of sp³-hybridized carbons (Fsp3) is 0.478. The second-order valence-corrected chi connectivity index (χ2v) is 8.17. The van der Waals surface area contributed by atoms with Gasteiger partial charge in [0.2, 0.25) is 11.9 Å². The quantitative estimate of drug-likeness (QED) is 0.719. The van der Waals surface area contributed by atoms with Gasteiger partial charge in [-0.05, 0) is 39.2 Å². The first kappa shape index (κ1) is 21.1. The molecule has 2 aromatic rings. The third-order valence-corrected chi connectivity index (χ3v) is 6.02. The molecule has 164 valence electrons. The van der Waals surface area contributed by atoms with E-state index >= 15 is 0 Å². The summed E-state index contributed by atoms with van der Waals surface area (Å²) in [5.41, 5.74) is 3.17. The maximum atomic E-state index is 13.0. The fourth-order valence-corrected chi connectivity index (χ4v) is 4.44. The molecule has 1 aliphatic carbocycles. The minimum absolute atomic E-state index is 0.0740. The molecule has 0 radical (unpaired) electrons. The van der Waals surface area contributed by atoms with Crippen LogP contribution in [0.15, 0.2) is 41.9 Å². The van der Waals surface area contributed by atoms with Gasteiger partial charge in [-0.3, -0.25) is 4.79 Å². The zero-order valence-corrected chi connectivity index (χ0v) is 18.3. The van der Waals surface area contributed by atoms with E-state index in [1.54, 1.807) is 16.5 Å². The molecule has 1 amide bonds. The standard InChI is InChI=1S/C23H29N5O3/c1-4-31-22(30)20-16(3)27(13-19(29)26-18-7-5-6-8-18)23-24-14-25-28(23)21(20)17-11-9-15(2)10-12-17/h9-12,14,18,21H,4-8,13H2,1-3H3,(H,26,29)/t21-/m1/s1. The smallest absolute Gasteiger partial charge is 0.338 e. The monoisotopic (exact) mass is 423 g/mol. The van der Waals surface area contributed by atoms with E-state index in [0.717, 1.165) is 36.8 Å². The highest BCUT2D eigenvalue weighted by atomic mass is 16.5. The molecule has 2 aliphatic rings. The lowest BCUT2D eigenvalue weighted by Crippen LogP contribution is -2.44. The Kier molecular flexibility index (Phi) is 6.06. The SMILES string of the molecule is CCOC(=O)C1=C(C)N(CC(=O)NC2CCCC2)c2ncnn2[C@@H]1c1ccc(C)cc1. The summed E-state index contributed by atoms with van der Waals surface area (Å²) in [4.78, 5) is 32.0. The average Bonchev–Trinajstić information content (AvgIpc) is 3.42. The van der Waals surface area contributed by atoms with E-state index in [-0.39, 0.29) is 25.1 Å². The van der Waals surface area contributed by atoms with E-state index in [0.29, 0.717) is 17.2 Å². The number of anilines is 1. The summed E-state index contributed by atoms with van der Waals surface area (Å²) < 4.78 is 7.10. The number of nitrogens with one attached hydrogen (secondary N) is 1. The van der Waals surface area contributed by atoms with Crippen molar-refractivity contribution in [1.29, 1.82) is 0 Å². The Bertz CT molecular complexity index is 989. The van der Waals surface area contributed by atoms with Crippen LogP contribution in [0.25, 0.3) is 0 Å². The van der Waals surface area contributed by atoms with Gasteiger partial charge in [0, 0.05) is 11.7 Å². The summed E-state index contributed by atoms with van der Waals surface area (Å²) in [7, 11) is 0. The predicted molar refractivity (Wildman–Crippen MR) is 116 cm³/mol. The minimum Gasteiger partial charge on any atom is -0.463 e. The lowest BCUT2D eigenvalue weighted by Gasteiger charge is -2.35. The van der Waals surface area contributed by atoms with Crippen molar-refractivity contribution in [2.75, 3.05) is 18.1 Å². The first-order valence-corrected chi connectivity index (χ1v) is 10.9. The van der Waals surface area contributed by atoms with Crippen molar-refractivity contribution in [2.24, 2.45) is 0 Å². The number of carbonyl (C=O) groups excluding carboxylic acids is 2. The third kappa shape index (κ3) is 4.19. The van der Waals surface area contributed by atoms with Crippen LogP contribution in [0.1, 0.15) is 56.7 Å². The van der Waals surface area contributed by atoms with Crippen molar-refractivity contribution >= 4 is 17.8 Å². The van der Waals surface area contributed by atoms with Crippen LogP contribution in [-0.2, 0) is 14.3 Å². The van der Waals surface area contributed by atoms with E-state index in [2.05, 4.69) is 15.4 Å². The maximum absolute atomic E-state index is 13.0. The Balaban J connectivity index is 1.72. The molecule has 31 heavy (non-hydrogen) atoms. The molecule has 1 aromatic carbocycles. The predicted octanol–water partition coefficient (Wildman–Crippen LogP) is 2.89. The number of aryl methyl sites for hydroxylation is 1. The molecule has 0 bridgehead atoms. The van der Waals surface area contributed by atoms with Gasteiger partial charge in [0.15, 0.2) is 0 Å². The van der Waals surface area contributed by atoms with Crippen LogP contribution >= 0.6 is 0 Å². The number of benzene rings is 1. The fourth-order valence-electron chi connectivity index (χ4n) is 4.44. The molecule has 0 saturated heterocycles. The summed E-state index contributed by atoms with van der Waals surface area (Å²) in [6.45, 7) is 5.98. The highest BCUT2D eigenvalue weighted by Crippen LogP contribution is 2.38. The Labute approximate surface area is 182 Å². The molecular weight excluding hydrogens is 394 g/mol. The summed E-state index contributed by atoms with van der Waals surface area (Å²) in [5, 5.41) is 7.53. The van der Waals surface area contributed by atoms with Gasteiger partial charge < -0.3 is 15.0 Å². The molecule has 1 atom stereocenters. The molecule has 1 aliphatic heterocycles. The van der Waals surface area contributed by atoms with Crippen LogP contribution in [0.4, 0.5) is 5.95 Å². The zero-order chi connectivity index (χ0) is 22.0. The van der Waals surface area contributed by atoms with Gasteiger partial charge in [-0.25, -0.2) is 9.48 Å². The summed E-state index contributed by atoms with van der Waals surface area (Å²) in [5.74, 6) is 0.0448. The number of allylic oxidation sites excluding steroid dienone is 1. The first-order valence-electron chi connectivity index (χ1n) is 10.9. The molecule has 2 heterocycles. The van der Waals surface area contributed by atoms with Crippen molar-refractivity contribution < 1.29 is 14.3 Å². The number of fused-ring (bicyclic) bond motifs is 1. The molecule has 8 nitrogen and oxygen atoms in total. The molecule has 1 saturated carbocycles. The van der Waals surface area contributed by atoms with Crippen LogP contribution < -0.4 is 10.2 Å². The summed E-state index contributed by atoms with van der Waals surface area (Å²) in [6.07, 6.45) is 5.78. The van der Waals surface area contributed by atoms with Gasteiger partial charge in [-0.15, -0.1) is 0 Å². The van der Waals surface area contributed by atoms with Crippen LogP contribution in [0.5, 0.6) is 0 Å². The topological polar surface area (TPSA) is 89.3 Å². The summed E-state index contributed by atoms with van der Waals surface area (Å²) in [6, 6.07) is 7.74. The van der Waals surface area contributed by atoms with E-state index in [9.17, 15) is 9.59 Å². The number of carbonyl (C=O) groups is 2. The normalized spacial score (nSPS) is 18.8. The lowest BCUT2D eigenvalue weighted by molar-refractivity contribution is -0.139. The maximum Gasteiger partial charge on any atom is 0.338 e. The number of hydrogen-bond donors (Lipinski definition) is 1.